The number of nitrogens with one attached hydrogen (secondary N) is 1. The summed E-state index contributed by atoms with van der Waals surface area (Å²) in [6, 6.07) is 6.56. The van der Waals surface area contributed by atoms with Crippen LogP contribution in [0.15, 0.2) is 24.3 Å². The molecule has 1 amide bonds. The summed E-state index contributed by atoms with van der Waals surface area (Å²) in [6.45, 7) is 1.44. The van der Waals surface area contributed by atoms with Crippen LogP contribution in [0.4, 0.5) is 0 Å². The molecule has 5 nitrogen and oxygen atoms in total. The van der Waals surface area contributed by atoms with Crippen molar-refractivity contribution >= 4 is 11.9 Å². The minimum absolute atomic E-state index is 0.263. The Morgan fingerprint density at radius 1 is 1.33 bits per heavy atom. The summed E-state index contributed by atoms with van der Waals surface area (Å²) in [7, 11) is 1.59. The molecule has 0 spiro atoms. The van der Waals surface area contributed by atoms with Crippen LogP contribution in [-0.4, -0.2) is 30.1 Å². The molecular formula is C13H17NO4. The second-order valence-electron chi connectivity index (χ2n) is 3.98. The van der Waals surface area contributed by atoms with E-state index in [0.29, 0.717) is 6.42 Å². The van der Waals surface area contributed by atoms with E-state index >= 15 is 0 Å². The van der Waals surface area contributed by atoms with Crippen molar-refractivity contribution in [3.63, 3.8) is 0 Å². The van der Waals surface area contributed by atoms with Gasteiger partial charge >= 0.3 is 5.97 Å². The molecule has 0 fully saturated rings. The number of aliphatic carboxylic acids is 1. The number of rotatable bonds is 6. The van der Waals surface area contributed by atoms with Gasteiger partial charge < -0.3 is 15.2 Å². The first-order chi connectivity index (χ1) is 8.52. The van der Waals surface area contributed by atoms with Gasteiger partial charge in [-0.15, -0.1) is 0 Å². The van der Waals surface area contributed by atoms with Gasteiger partial charge in [0.15, 0.2) is 0 Å². The minimum Gasteiger partial charge on any atom is -0.497 e. The van der Waals surface area contributed by atoms with Gasteiger partial charge in [-0.3, -0.25) is 9.59 Å². The molecular weight excluding hydrogens is 234 g/mol. The van der Waals surface area contributed by atoms with E-state index in [0.717, 1.165) is 11.3 Å². The van der Waals surface area contributed by atoms with Gasteiger partial charge in [-0.1, -0.05) is 12.1 Å². The minimum atomic E-state index is -1.03. The topological polar surface area (TPSA) is 75.6 Å². The van der Waals surface area contributed by atoms with E-state index in [9.17, 15) is 9.59 Å². The maximum Gasteiger partial charge on any atom is 0.325 e. The predicted molar refractivity (Wildman–Crippen MR) is 66.6 cm³/mol. The van der Waals surface area contributed by atoms with Crippen LogP contribution in [0.1, 0.15) is 18.9 Å². The van der Waals surface area contributed by atoms with Crippen molar-refractivity contribution < 1.29 is 19.4 Å². The number of carbonyl (C=O) groups is 2. The van der Waals surface area contributed by atoms with Crippen molar-refractivity contribution in [2.75, 3.05) is 7.11 Å². The third-order valence-corrected chi connectivity index (χ3v) is 2.55. The number of aryl methyl sites for hydroxylation is 1. The zero-order chi connectivity index (χ0) is 13.5. The number of benzene rings is 1. The Morgan fingerprint density at radius 3 is 2.44 bits per heavy atom. The average Bonchev–Trinajstić information content (AvgIpc) is 2.36. The molecule has 0 saturated heterocycles. The van der Waals surface area contributed by atoms with Crippen LogP contribution >= 0.6 is 0 Å². The second kappa shape index (κ2) is 6.64. The fourth-order valence-electron chi connectivity index (χ4n) is 1.43. The Kier molecular flexibility index (Phi) is 5.17. The van der Waals surface area contributed by atoms with E-state index in [4.69, 9.17) is 9.84 Å². The Bertz CT molecular complexity index is 414. The van der Waals surface area contributed by atoms with E-state index < -0.39 is 12.0 Å². The molecule has 1 rings (SSSR count). The highest BCUT2D eigenvalue weighted by atomic mass is 16.5. The number of carboxylic acid groups (broad SMARTS) is 1. The fourth-order valence-corrected chi connectivity index (χ4v) is 1.43. The maximum atomic E-state index is 11.5. The summed E-state index contributed by atoms with van der Waals surface area (Å²) in [4.78, 5) is 22.0. The Morgan fingerprint density at radius 2 is 1.94 bits per heavy atom. The SMILES string of the molecule is COc1ccc(CCC(=O)N[C@H](C)C(=O)O)cc1. The summed E-state index contributed by atoms with van der Waals surface area (Å²) < 4.78 is 5.03. The molecule has 0 heterocycles. The van der Waals surface area contributed by atoms with Crippen molar-refractivity contribution in [2.24, 2.45) is 0 Å². The molecule has 18 heavy (non-hydrogen) atoms. The number of carbonyl (C=O) groups excluding carboxylic acids is 1. The van der Waals surface area contributed by atoms with Crippen LogP contribution in [0.25, 0.3) is 0 Å². The van der Waals surface area contributed by atoms with Crippen LogP contribution in [0.2, 0.25) is 0 Å². The van der Waals surface area contributed by atoms with Crippen molar-refractivity contribution in [2.45, 2.75) is 25.8 Å². The van der Waals surface area contributed by atoms with E-state index in [2.05, 4.69) is 5.32 Å². The largest absolute Gasteiger partial charge is 0.497 e. The number of hydrogen-bond donors (Lipinski definition) is 2. The number of carboxylic acids is 1. The standard InChI is InChI=1S/C13H17NO4/c1-9(13(16)17)14-12(15)8-5-10-3-6-11(18-2)7-4-10/h3-4,6-7,9H,5,8H2,1-2H3,(H,14,15)(H,16,17)/t9-/m1/s1. The summed E-state index contributed by atoms with van der Waals surface area (Å²) in [6.07, 6.45) is 0.839. The summed E-state index contributed by atoms with van der Waals surface area (Å²) >= 11 is 0. The lowest BCUT2D eigenvalue weighted by Crippen LogP contribution is -2.38. The van der Waals surface area contributed by atoms with Gasteiger partial charge in [-0.25, -0.2) is 0 Å². The highest BCUT2D eigenvalue weighted by Gasteiger charge is 2.13. The lowest BCUT2D eigenvalue weighted by molar-refractivity contribution is -0.141. The van der Waals surface area contributed by atoms with E-state index in [1.807, 2.05) is 24.3 Å². The van der Waals surface area contributed by atoms with E-state index in [1.165, 1.54) is 6.92 Å². The van der Waals surface area contributed by atoms with Crippen molar-refractivity contribution in [1.82, 2.24) is 5.32 Å². The van der Waals surface area contributed by atoms with Gasteiger partial charge in [-0.05, 0) is 31.0 Å². The van der Waals surface area contributed by atoms with Crippen LogP contribution < -0.4 is 10.1 Å². The van der Waals surface area contributed by atoms with Crippen LogP contribution in [0, 0.1) is 0 Å². The molecule has 1 aromatic carbocycles. The summed E-state index contributed by atoms with van der Waals surface area (Å²) in [5.74, 6) is -0.531. The first-order valence-electron chi connectivity index (χ1n) is 5.68. The third-order valence-electron chi connectivity index (χ3n) is 2.55. The van der Waals surface area contributed by atoms with Gasteiger partial charge in [0.25, 0.3) is 0 Å². The molecule has 2 N–H and O–H groups in total. The first-order valence-corrected chi connectivity index (χ1v) is 5.68. The zero-order valence-electron chi connectivity index (χ0n) is 10.5. The van der Waals surface area contributed by atoms with Crippen molar-refractivity contribution in [1.29, 1.82) is 0 Å². The molecule has 0 saturated carbocycles. The lowest BCUT2D eigenvalue weighted by atomic mass is 10.1. The van der Waals surface area contributed by atoms with Gasteiger partial charge in [-0.2, -0.15) is 0 Å². The van der Waals surface area contributed by atoms with E-state index in [1.54, 1.807) is 7.11 Å². The lowest BCUT2D eigenvalue weighted by Gasteiger charge is -2.09. The molecule has 1 aromatic rings. The third kappa shape index (κ3) is 4.45. The molecule has 0 radical (unpaired) electrons. The van der Waals surface area contributed by atoms with E-state index in [-0.39, 0.29) is 12.3 Å². The number of amides is 1. The molecule has 0 aromatic heterocycles. The maximum absolute atomic E-state index is 11.5. The molecule has 5 heteroatoms. The van der Waals surface area contributed by atoms with Gasteiger partial charge in [0.2, 0.25) is 5.91 Å². The smallest absolute Gasteiger partial charge is 0.325 e. The van der Waals surface area contributed by atoms with Crippen LogP contribution in [0.3, 0.4) is 0 Å². The molecule has 98 valence electrons. The molecule has 0 aliphatic carbocycles. The van der Waals surface area contributed by atoms with Crippen LogP contribution in [-0.2, 0) is 16.0 Å². The number of methoxy groups -OCH3 is 1. The first kappa shape index (κ1) is 14.0. The zero-order valence-corrected chi connectivity index (χ0v) is 10.5. The number of ether oxygens (including phenoxy) is 1. The molecule has 1 atom stereocenters. The Hall–Kier alpha value is -2.04. The highest BCUT2D eigenvalue weighted by Crippen LogP contribution is 2.12. The fraction of sp³-hybridized carbons (Fsp3) is 0.385. The molecule has 0 unspecified atom stereocenters. The second-order valence-corrected chi connectivity index (χ2v) is 3.98. The van der Waals surface area contributed by atoms with Crippen molar-refractivity contribution in [3.8, 4) is 5.75 Å². The predicted octanol–water partition coefficient (Wildman–Crippen LogP) is 1.22. The van der Waals surface area contributed by atoms with Crippen LogP contribution in [0.5, 0.6) is 5.75 Å². The quantitative estimate of drug-likeness (QED) is 0.797. The molecule has 0 bridgehead atoms. The van der Waals surface area contributed by atoms with Crippen molar-refractivity contribution in [3.05, 3.63) is 29.8 Å². The Labute approximate surface area is 106 Å². The normalized spacial score (nSPS) is 11.7. The number of hydrogen-bond acceptors (Lipinski definition) is 3. The van der Waals surface area contributed by atoms with Gasteiger partial charge in [0, 0.05) is 6.42 Å². The average molecular weight is 251 g/mol. The Balaban J connectivity index is 2.40. The summed E-state index contributed by atoms with van der Waals surface area (Å²) in [5, 5.41) is 11.1. The van der Waals surface area contributed by atoms with Gasteiger partial charge in [0.05, 0.1) is 7.11 Å². The highest BCUT2D eigenvalue weighted by molar-refractivity contribution is 5.83. The van der Waals surface area contributed by atoms with Gasteiger partial charge in [0.1, 0.15) is 11.8 Å². The monoisotopic (exact) mass is 251 g/mol. The molecule has 0 aliphatic heterocycles. The molecule has 0 aliphatic rings. The summed E-state index contributed by atoms with van der Waals surface area (Å²) in [5.41, 5.74) is 1.01.